The molecule has 1 aromatic rings. The zero-order valence-electron chi connectivity index (χ0n) is 6.66. The Kier molecular flexibility index (Phi) is 2.19. The average molecular weight is 166 g/mol. The fraction of sp³-hybridized carbons (Fsp3) is 0.125. The lowest BCUT2D eigenvalue weighted by molar-refractivity contribution is 0.259. The number of carbonyl (C=O) groups excluding carboxylic acids is 1. The quantitative estimate of drug-likeness (QED) is 0.586. The topological polar surface area (TPSA) is 75.3 Å². The van der Waals surface area contributed by atoms with E-state index in [0.29, 0.717) is 5.69 Å². The number of hydrogen-bond donors (Lipinski definition) is 3. The highest BCUT2D eigenvalue weighted by molar-refractivity contribution is 5.88. The highest BCUT2D eigenvalue weighted by Gasteiger charge is 2.00. The number of benzene rings is 1. The van der Waals surface area contributed by atoms with Gasteiger partial charge in [-0.15, -0.1) is 0 Å². The van der Waals surface area contributed by atoms with Gasteiger partial charge >= 0.3 is 6.03 Å². The SMILES string of the molecule is Cc1ccc(O)cc1NC(N)=O. The molecule has 0 heterocycles. The Morgan fingerprint density at radius 2 is 2.25 bits per heavy atom. The van der Waals surface area contributed by atoms with Gasteiger partial charge in [-0.3, -0.25) is 0 Å². The minimum Gasteiger partial charge on any atom is -0.508 e. The predicted octanol–water partition coefficient (Wildman–Crippen LogP) is 1.19. The minimum absolute atomic E-state index is 0.101. The van der Waals surface area contributed by atoms with Gasteiger partial charge in [-0.25, -0.2) is 4.79 Å². The molecule has 0 aliphatic carbocycles. The van der Waals surface area contributed by atoms with Crippen LogP contribution in [-0.2, 0) is 0 Å². The van der Waals surface area contributed by atoms with E-state index in [1.165, 1.54) is 6.07 Å². The van der Waals surface area contributed by atoms with Gasteiger partial charge < -0.3 is 16.2 Å². The molecule has 0 atom stereocenters. The van der Waals surface area contributed by atoms with Gasteiger partial charge in [-0.1, -0.05) is 6.07 Å². The Labute approximate surface area is 70.0 Å². The van der Waals surface area contributed by atoms with E-state index in [1.54, 1.807) is 12.1 Å². The van der Waals surface area contributed by atoms with E-state index in [0.717, 1.165) is 5.56 Å². The molecule has 1 aromatic carbocycles. The number of phenolic OH excluding ortho intramolecular Hbond substituents is 1. The molecule has 0 bridgehead atoms. The van der Waals surface area contributed by atoms with Crippen LogP contribution >= 0.6 is 0 Å². The number of carbonyl (C=O) groups is 1. The van der Waals surface area contributed by atoms with Crippen LogP contribution < -0.4 is 11.1 Å². The van der Waals surface area contributed by atoms with Crippen LogP contribution in [0.15, 0.2) is 18.2 Å². The van der Waals surface area contributed by atoms with Crippen LogP contribution in [0.5, 0.6) is 5.75 Å². The van der Waals surface area contributed by atoms with Crippen molar-refractivity contribution in [1.82, 2.24) is 0 Å². The van der Waals surface area contributed by atoms with Crippen molar-refractivity contribution < 1.29 is 9.90 Å². The molecule has 1 rings (SSSR count). The Bertz CT molecular complexity index is 310. The van der Waals surface area contributed by atoms with Crippen LogP contribution in [0.3, 0.4) is 0 Å². The fourth-order valence-corrected chi connectivity index (χ4v) is 0.877. The van der Waals surface area contributed by atoms with Crippen LogP contribution in [0.1, 0.15) is 5.56 Å². The number of urea groups is 1. The van der Waals surface area contributed by atoms with Crippen molar-refractivity contribution in [3.8, 4) is 5.75 Å². The number of rotatable bonds is 1. The third-order valence-electron chi connectivity index (χ3n) is 1.48. The summed E-state index contributed by atoms with van der Waals surface area (Å²) in [6, 6.07) is 4.05. The Morgan fingerprint density at radius 3 is 2.83 bits per heavy atom. The smallest absolute Gasteiger partial charge is 0.316 e. The van der Waals surface area contributed by atoms with Crippen LogP contribution in [0.4, 0.5) is 10.5 Å². The van der Waals surface area contributed by atoms with E-state index in [2.05, 4.69) is 5.32 Å². The van der Waals surface area contributed by atoms with Gasteiger partial charge in [-0.05, 0) is 18.6 Å². The van der Waals surface area contributed by atoms with Crippen LogP contribution in [0.25, 0.3) is 0 Å². The number of amides is 2. The summed E-state index contributed by atoms with van der Waals surface area (Å²) in [5.74, 6) is 0.101. The highest BCUT2D eigenvalue weighted by Crippen LogP contribution is 2.20. The molecule has 0 saturated heterocycles. The van der Waals surface area contributed by atoms with E-state index in [1.807, 2.05) is 6.92 Å². The normalized spacial score (nSPS) is 9.42. The molecule has 0 aliphatic heterocycles. The first kappa shape index (κ1) is 8.39. The van der Waals surface area contributed by atoms with Crippen molar-refractivity contribution in [1.29, 1.82) is 0 Å². The predicted molar refractivity (Wildman–Crippen MR) is 46.0 cm³/mol. The molecule has 0 spiro atoms. The summed E-state index contributed by atoms with van der Waals surface area (Å²) in [4.78, 5) is 10.5. The molecule has 0 aliphatic rings. The number of phenols is 1. The molecule has 0 radical (unpaired) electrons. The summed E-state index contributed by atoms with van der Waals surface area (Å²) in [5.41, 5.74) is 6.30. The number of anilines is 1. The third-order valence-corrected chi connectivity index (χ3v) is 1.48. The highest BCUT2D eigenvalue weighted by atomic mass is 16.3. The van der Waals surface area contributed by atoms with E-state index < -0.39 is 6.03 Å². The molecular formula is C8H10N2O2. The molecule has 4 heteroatoms. The van der Waals surface area contributed by atoms with Crippen LogP contribution in [-0.4, -0.2) is 11.1 Å². The van der Waals surface area contributed by atoms with E-state index in [9.17, 15) is 4.79 Å². The maximum absolute atomic E-state index is 10.5. The van der Waals surface area contributed by atoms with Crippen molar-refractivity contribution in [2.75, 3.05) is 5.32 Å². The number of nitrogens with two attached hydrogens (primary N) is 1. The van der Waals surface area contributed by atoms with Gasteiger partial charge in [0.15, 0.2) is 0 Å². The summed E-state index contributed by atoms with van der Waals surface area (Å²) >= 11 is 0. The first-order valence-corrected chi connectivity index (χ1v) is 3.45. The lowest BCUT2D eigenvalue weighted by atomic mass is 10.2. The molecule has 64 valence electrons. The van der Waals surface area contributed by atoms with Crippen molar-refractivity contribution in [2.45, 2.75) is 6.92 Å². The molecule has 4 nitrogen and oxygen atoms in total. The largest absolute Gasteiger partial charge is 0.508 e. The van der Waals surface area contributed by atoms with Crippen LogP contribution in [0.2, 0.25) is 0 Å². The van der Waals surface area contributed by atoms with E-state index in [-0.39, 0.29) is 5.75 Å². The van der Waals surface area contributed by atoms with E-state index >= 15 is 0 Å². The lowest BCUT2D eigenvalue weighted by Gasteiger charge is -2.05. The maximum Gasteiger partial charge on any atom is 0.316 e. The number of hydrogen-bond acceptors (Lipinski definition) is 2. The second-order valence-electron chi connectivity index (χ2n) is 2.49. The summed E-state index contributed by atoms with van der Waals surface area (Å²) in [6.45, 7) is 1.81. The summed E-state index contributed by atoms with van der Waals surface area (Å²) in [6.07, 6.45) is 0. The molecular weight excluding hydrogens is 156 g/mol. The molecule has 12 heavy (non-hydrogen) atoms. The van der Waals surface area contributed by atoms with Gasteiger partial charge in [-0.2, -0.15) is 0 Å². The van der Waals surface area contributed by atoms with E-state index in [4.69, 9.17) is 10.8 Å². The van der Waals surface area contributed by atoms with Crippen molar-refractivity contribution >= 4 is 11.7 Å². The molecule has 0 fully saturated rings. The summed E-state index contributed by atoms with van der Waals surface area (Å²) in [7, 11) is 0. The molecule has 4 N–H and O–H groups in total. The second-order valence-corrected chi connectivity index (χ2v) is 2.49. The van der Waals surface area contributed by atoms with Crippen molar-refractivity contribution in [3.63, 3.8) is 0 Å². The molecule has 0 unspecified atom stereocenters. The van der Waals surface area contributed by atoms with Gasteiger partial charge in [0.05, 0.1) is 0 Å². The average Bonchev–Trinajstić information content (AvgIpc) is 1.96. The third kappa shape index (κ3) is 1.88. The maximum atomic E-state index is 10.5. The number of primary amides is 1. The lowest BCUT2D eigenvalue weighted by Crippen LogP contribution is -2.19. The fourth-order valence-electron chi connectivity index (χ4n) is 0.877. The number of aryl methyl sites for hydroxylation is 1. The van der Waals surface area contributed by atoms with Crippen molar-refractivity contribution in [3.05, 3.63) is 23.8 Å². The van der Waals surface area contributed by atoms with Gasteiger partial charge in [0.2, 0.25) is 0 Å². The zero-order chi connectivity index (χ0) is 9.14. The molecule has 0 saturated carbocycles. The second kappa shape index (κ2) is 3.13. The minimum atomic E-state index is -0.635. The number of nitrogens with one attached hydrogen (secondary N) is 1. The summed E-state index contributed by atoms with van der Waals surface area (Å²) < 4.78 is 0. The Morgan fingerprint density at radius 1 is 1.58 bits per heavy atom. The molecule has 2 amide bonds. The Hall–Kier alpha value is -1.71. The Balaban J connectivity index is 2.97. The first-order chi connectivity index (χ1) is 5.59. The first-order valence-electron chi connectivity index (χ1n) is 3.45. The van der Waals surface area contributed by atoms with Gasteiger partial charge in [0.1, 0.15) is 5.75 Å². The molecule has 0 aromatic heterocycles. The van der Waals surface area contributed by atoms with Crippen molar-refractivity contribution in [2.24, 2.45) is 5.73 Å². The summed E-state index contributed by atoms with van der Waals surface area (Å²) in [5, 5.41) is 11.5. The van der Waals surface area contributed by atoms with Gasteiger partial charge in [0, 0.05) is 11.8 Å². The number of aromatic hydroxyl groups is 1. The standard InChI is InChI=1S/C8H10N2O2/c1-5-2-3-6(11)4-7(5)10-8(9)12/h2-4,11H,1H3,(H3,9,10,12). The van der Waals surface area contributed by atoms with Gasteiger partial charge in [0.25, 0.3) is 0 Å². The monoisotopic (exact) mass is 166 g/mol. The van der Waals surface area contributed by atoms with Crippen LogP contribution in [0, 0.1) is 6.92 Å². The zero-order valence-corrected chi connectivity index (χ0v) is 6.66.